The number of nitrogens with zero attached hydrogens (tertiary/aromatic N) is 1. The maximum Gasteiger partial charge on any atom is 0.407 e. The molecule has 7 heteroatoms. The summed E-state index contributed by atoms with van der Waals surface area (Å²) in [4.78, 5) is 25.8. The van der Waals surface area contributed by atoms with Gasteiger partial charge in [-0.2, -0.15) is 0 Å². The Morgan fingerprint density at radius 1 is 1.22 bits per heavy atom. The molecule has 2 rings (SSSR count). The van der Waals surface area contributed by atoms with Crippen molar-refractivity contribution in [2.45, 2.75) is 45.8 Å². The normalized spacial score (nSPS) is 15.5. The quantitative estimate of drug-likeness (QED) is 0.797. The van der Waals surface area contributed by atoms with Gasteiger partial charge in [-0.3, -0.25) is 4.79 Å². The first-order valence-corrected chi connectivity index (χ1v) is 9.68. The minimum absolute atomic E-state index is 0.0133. The molecule has 2 amide bonds. The number of amides is 2. The zero-order valence-corrected chi connectivity index (χ0v) is 17.1. The molecule has 0 aliphatic carbocycles. The lowest BCUT2D eigenvalue weighted by Crippen LogP contribution is -2.43. The Morgan fingerprint density at radius 3 is 2.52 bits per heavy atom. The molecule has 1 N–H and O–H groups in total. The summed E-state index contributed by atoms with van der Waals surface area (Å²) in [6.07, 6.45) is 1.31. The minimum Gasteiger partial charge on any atom is -0.444 e. The van der Waals surface area contributed by atoms with Crippen LogP contribution in [0.2, 0.25) is 5.02 Å². The summed E-state index contributed by atoms with van der Waals surface area (Å²) in [5.74, 6) is 0.339. The standard InChI is InChI=1S/C20H29ClN2O4/c1-20(2,3)27-19(25)22-12-15-8-10-23(11-9-15)18(24)14-26-13-16-6-4-5-7-17(16)21/h4-7,15H,8-14H2,1-3H3,(H,22,25). The summed E-state index contributed by atoms with van der Waals surface area (Å²) >= 11 is 6.08. The van der Waals surface area contributed by atoms with Crippen LogP contribution in [-0.2, 0) is 20.9 Å². The average molecular weight is 397 g/mol. The summed E-state index contributed by atoms with van der Waals surface area (Å²) in [6.45, 7) is 7.80. The third-order valence-corrected chi connectivity index (χ3v) is 4.71. The molecular weight excluding hydrogens is 368 g/mol. The lowest BCUT2D eigenvalue weighted by Gasteiger charge is -2.32. The van der Waals surface area contributed by atoms with Gasteiger partial charge in [0.15, 0.2) is 0 Å². The van der Waals surface area contributed by atoms with Gasteiger partial charge in [0.2, 0.25) is 5.91 Å². The molecule has 0 saturated carbocycles. The van der Waals surface area contributed by atoms with Gasteiger partial charge in [0.1, 0.15) is 12.2 Å². The third kappa shape index (κ3) is 7.77. The Morgan fingerprint density at radius 2 is 1.89 bits per heavy atom. The molecule has 1 aromatic carbocycles. The van der Waals surface area contributed by atoms with Crippen molar-refractivity contribution in [3.05, 3.63) is 34.9 Å². The van der Waals surface area contributed by atoms with Crippen LogP contribution in [0.1, 0.15) is 39.2 Å². The highest BCUT2D eigenvalue weighted by Gasteiger charge is 2.24. The van der Waals surface area contributed by atoms with Gasteiger partial charge in [-0.25, -0.2) is 4.79 Å². The summed E-state index contributed by atoms with van der Waals surface area (Å²) < 4.78 is 10.8. The van der Waals surface area contributed by atoms with Crippen molar-refractivity contribution in [1.29, 1.82) is 0 Å². The smallest absolute Gasteiger partial charge is 0.407 e. The van der Waals surface area contributed by atoms with Crippen molar-refractivity contribution in [2.75, 3.05) is 26.2 Å². The number of likely N-dealkylation sites (tertiary alicyclic amines) is 1. The Bertz CT molecular complexity index is 637. The van der Waals surface area contributed by atoms with E-state index in [0.717, 1.165) is 18.4 Å². The van der Waals surface area contributed by atoms with Crippen LogP contribution in [0.5, 0.6) is 0 Å². The molecule has 1 heterocycles. The number of alkyl carbamates (subject to hydrolysis) is 1. The Balaban J connectivity index is 1.64. The van der Waals surface area contributed by atoms with Crippen LogP contribution in [0.25, 0.3) is 0 Å². The maximum absolute atomic E-state index is 12.3. The van der Waals surface area contributed by atoms with Gasteiger partial charge in [0.05, 0.1) is 6.61 Å². The summed E-state index contributed by atoms with van der Waals surface area (Å²) in [7, 11) is 0. The van der Waals surface area contributed by atoms with Crippen LogP contribution in [-0.4, -0.2) is 48.7 Å². The lowest BCUT2D eigenvalue weighted by atomic mass is 9.97. The van der Waals surface area contributed by atoms with E-state index in [4.69, 9.17) is 21.1 Å². The van der Waals surface area contributed by atoms with E-state index >= 15 is 0 Å². The van der Waals surface area contributed by atoms with Gasteiger partial charge in [-0.05, 0) is 51.2 Å². The molecule has 0 unspecified atom stereocenters. The highest BCUT2D eigenvalue weighted by molar-refractivity contribution is 6.31. The van der Waals surface area contributed by atoms with Gasteiger partial charge in [0, 0.05) is 24.7 Å². The van der Waals surface area contributed by atoms with E-state index in [0.29, 0.717) is 37.2 Å². The van der Waals surface area contributed by atoms with Crippen molar-refractivity contribution in [2.24, 2.45) is 5.92 Å². The Hall–Kier alpha value is -1.79. The molecule has 0 atom stereocenters. The van der Waals surface area contributed by atoms with E-state index in [2.05, 4.69) is 5.32 Å². The molecule has 6 nitrogen and oxygen atoms in total. The van der Waals surface area contributed by atoms with E-state index in [9.17, 15) is 9.59 Å². The molecule has 1 aliphatic heterocycles. The predicted molar refractivity (Wildman–Crippen MR) is 105 cm³/mol. The first-order valence-electron chi connectivity index (χ1n) is 9.30. The van der Waals surface area contributed by atoms with Gasteiger partial charge in [-0.15, -0.1) is 0 Å². The topological polar surface area (TPSA) is 67.9 Å². The van der Waals surface area contributed by atoms with Gasteiger partial charge in [-0.1, -0.05) is 29.8 Å². The van der Waals surface area contributed by atoms with Crippen LogP contribution in [0.4, 0.5) is 4.79 Å². The molecule has 0 aromatic heterocycles. The zero-order valence-electron chi connectivity index (χ0n) is 16.3. The van der Waals surface area contributed by atoms with Crippen molar-refractivity contribution in [3.63, 3.8) is 0 Å². The summed E-state index contributed by atoms with van der Waals surface area (Å²) in [5.41, 5.74) is 0.378. The average Bonchev–Trinajstić information content (AvgIpc) is 2.60. The van der Waals surface area contributed by atoms with E-state index in [1.165, 1.54) is 0 Å². The highest BCUT2D eigenvalue weighted by Crippen LogP contribution is 2.18. The number of carbonyl (C=O) groups excluding carboxylic acids is 2. The molecule has 0 spiro atoms. The number of benzene rings is 1. The molecule has 1 aromatic rings. The molecule has 27 heavy (non-hydrogen) atoms. The van der Waals surface area contributed by atoms with Crippen LogP contribution in [0, 0.1) is 5.92 Å². The fourth-order valence-corrected chi connectivity index (χ4v) is 3.07. The number of hydrogen-bond acceptors (Lipinski definition) is 4. The number of hydrogen-bond donors (Lipinski definition) is 1. The zero-order chi connectivity index (χ0) is 19.9. The second-order valence-electron chi connectivity index (χ2n) is 7.79. The van der Waals surface area contributed by atoms with Crippen LogP contribution in [0.15, 0.2) is 24.3 Å². The van der Waals surface area contributed by atoms with Crippen molar-refractivity contribution < 1.29 is 19.1 Å². The lowest BCUT2D eigenvalue weighted by molar-refractivity contribution is -0.138. The maximum atomic E-state index is 12.3. The monoisotopic (exact) mass is 396 g/mol. The molecule has 0 bridgehead atoms. The number of nitrogens with one attached hydrogen (secondary N) is 1. The van der Waals surface area contributed by atoms with Crippen molar-refractivity contribution in [3.8, 4) is 0 Å². The Labute approximate surface area is 166 Å². The minimum atomic E-state index is -0.496. The summed E-state index contributed by atoms with van der Waals surface area (Å²) in [5, 5.41) is 3.45. The molecule has 150 valence electrons. The second kappa shape index (κ2) is 9.95. The first kappa shape index (κ1) is 21.5. The molecule has 1 fully saturated rings. The predicted octanol–water partition coefficient (Wildman–Crippen LogP) is 3.62. The van der Waals surface area contributed by atoms with Gasteiger partial charge in [0.25, 0.3) is 0 Å². The molecule has 0 radical (unpaired) electrons. The molecular formula is C20H29ClN2O4. The van der Waals surface area contributed by atoms with Gasteiger partial charge < -0.3 is 19.7 Å². The fourth-order valence-electron chi connectivity index (χ4n) is 2.88. The van der Waals surface area contributed by atoms with Crippen LogP contribution in [0.3, 0.4) is 0 Å². The number of carbonyl (C=O) groups is 2. The van der Waals surface area contributed by atoms with Crippen molar-refractivity contribution in [1.82, 2.24) is 10.2 Å². The summed E-state index contributed by atoms with van der Waals surface area (Å²) in [6, 6.07) is 7.44. The highest BCUT2D eigenvalue weighted by atomic mass is 35.5. The van der Waals surface area contributed by atoms with Crippen LogP contribution >= 0.6 is 11.6 Å². The molecule has 1 aliphatic rings. The van der Waals surface area contributed by atoms with E-state index in [1.54, 1.807) is 6.07 Å². The van der Waals surface area contributed by atoms with Crippen LogP contribution < -0.4 is 5.32 Å². The van der Waals surface area contributed by atoms with E-state index in [-0.39, 0.29) is 12.5 Å². The van der Waals surface area contributed by atoms with E-state index in [1.807, 2.05) is 43.9 Å². The SMILES string of the molecule is CC(C)(C)OC(=O)NCC1CCN(C(=O)COCc2ccccc2Cl)CC1. The number of halogens is 1. The van der Waals surface area contributed by atoms with Gasteiger partial charge >= 0.3 is 6.09 Å². The number of rotatable bonds is 6. The number of piperidine rings is 1. The molecule has 1 saturated heterocycles. The Kier molecular flexibility index (Phi) is 7.92. The van der Waals surface area contributed by atoms with Crippen molar-refractivity contribution >= 4 is 23.6 Å². The third-order valence-electron chi connectivity index (χ3n) is 4.34. The second-order valence-corrected chi connectivity index (χ2v) is 8.20. The number of ether oxygens (including phenoxy) is 2. The van der Waals surface area contributed by atoms with E-state index < -0.39 is 11.7 Å². The largest absolute Gasteiger partial charge is 0.444 e. The first-order chi connectivity index (χ1) is 12.7. The fraction of sp³-hybridized carbons (Fsp3) is 0.600.